The monoisotopic (exact) mass is 662 g/mol. The van der Waals surface area contributed by atoms with Crippen LogP contribution in [0.5, 0.6) is 17.2 Å². The highest BCUT2D eigenvalue weighted by atomic mass is 31.2. The van der Waals surface area contributed by atoms with Gasteiger partial charge in [0.15, 0.2) is 0 Å². The van der Waals surface area contributed by atoms with Crippen molar-refractivity contribution in [2.45, 2.75) is 157 Å². The average Bonchev–Trinajstić information content (AvgIpc) is 2.84. The smallest absolute Gasteiger partial charge is 0.386 e. The van der Waals surface area contributed by atoms with E-state index in [-0.39, 0.29) is 32.5 Å². The largest absolute Gasteiger partial charge is 0.647 e. The van der Waals surface area contributed by atoms with E-state index < -0.39 is 7.82 Å². The third-order valence-corrected chi connectivity index (χ3v) is 9.64. The summed E-state index contributed by atoms with van der Waals surface area (Å²) in [5, 5.41) is 0. The van der Waals surface area contributed by atoms with Crippen LogP contribution in [0.4, 0.5) is 0 Å². The number of rotatable bonds is 6. The van der Waals surface area contributed by atoms with Crippen LogP contribution >= 0.6 is 7.82 Å². The van der Waals surface area contributed by atoms with E-state index in [0.717, 1.165) is 33.4 Å². The molecule has 0 aliphatic heterocycles. The summed E-state index contributed by atoms with van der Waals surface area (Å²) in [6.45, 7) is 39.1. The maximum Gasteiger partial charge on any atom is 0.647 e. The van der Waals surface area contributed by atoms with Gasteiger partial charge < -0.3 is 13.6 Å². The molecule has 0 N–H and O–H groups in total. The van der Waals surface area contributed by atoms with Gasteiger partial charge in [0.2, 0.25) is 0 Å². The standard InChI is InChI=1S/C42H63O4P/c1-37(2,3)28-22-19-25-31(34(28)40(10,11)12)44-47(43,45-32-26-20-23-29(38(4,5)6)35(32)41(13,14)15)46-33-27-21-24-30(39(7,8)9)36(33)42(16,17)18/h19-27H,1-18H3. The highest BCUT2D eigenvalue weighted by molar-refractivity contribution is 7.49. The molecule has 0 heterocycles. The normalized spacial score (nSPS) is 13.8. The molecular formula is C42H63O4P. The molecule has 0 saturated heterocycles. The van der Waals surface area contributed by atoms with Gasteiger partial charge in [0.25, 0.3) is 0 Å². The van der Waals surface area contributed by atoms with Gasteiger partial charge in [-0.15, -0.1) is 0 Å². The summed E-state index contributed by atoms with van der Waals surface area (Å²) in [4.78, 5) is 0. The minimum atomic E-state index is -4.39. The summed E-state index contributed by atoms with van der Waals surface area (Å²) in [6, 6.07) is 18.0. The van der Waals surface area contributed by atoms with Gasteiger partial charge in [-0.05, 0) is 67.4 Å². The molecule has 47 heavy (non-hydrogen) atoms. The van der Waals surface area contributed by atoms with Crippen molar-refractivity contribution in [1.82, 2.24) is 0 Å². The van der Waals surface area contributed by atoms with Gasteiger partial charge in [0.1, 0.15) is 17.2 Å². The predicted octanol–water partition coefficient (Wildman–Crippen LogP) is 13.1. The molecule has 0 aliphatic rings. The van der Waals surface area contributed by atoms with Crippen LogP contribution in [0.3, 0.4) is 0 Å². The molecule has 260 valence electrons. The zero-order valence-electron chi connectivity index (χ0n) is 32.8. The van der Waals surface area contributed by atoms with Crippen LogP contribution in [-0.4, -0.2) is 0 Å². The second kappa shape index (κ2) is 12.6. The Balaban J connectivity index is 2.42. The topological polar surface area (TPSA) is 44.8 Å². The molecule has 3 rings (SSSR count). The minimum Gasteiger partial charge on any atom is -0.386 e. The van der Waals surface area contributed by atoms with E-state index in [9.17, 15) is 0 Å². The Morgan fingerprint density at radius 1 is 0.362 bits per heavy atom. The molecule has 0 amide bonds. The second-order valence-electron chi connectivity index (χ2n) is 19.3. The van der Waals surface area contributed by atoms with Crippen LogP contribution in [0, 0.1) is 0 Å². The molecule has 0 unspecified atom stereocenters. The summed E-state index contributed by atoms with van der Waals surface area (Å²) < 4.78 is 35.7. The summed E-state index contributed by atoms with van der Waals surface area (Å²) in [5.74, 6) is 1.51. The predicted molar refractivity (Wildman–Crippen MR) is 201 cm³/mol. The van der Waals surface area contributed by atoms with Crippen LogP contribution in [-0.2, 0) is 37.1 Å². The summed E-state index contributed by atoms with van der Waals surface area (Å²) in [6.07, 6.45) is 0. The lowest BCUT2D eigenvalue weighted by Gasteiger charge is -2.35. The lowest BCUT2D eigenvalue weighted by atomic mass is 9.75. The molecule has 4 nitrogen and oxygen atoms in total. The highest BCUT2D eigenvalue weighted by Crippen LogP contribution is 2.56. The van der Waals surface area contributed by atoms with Crippen molar-refractivity contribution in [3.05, 3.63) is 88.0 Å². The number of phosphoric ester groups is 1. The molecule has 5 heteroatoms. The molecule has 0 radical (unpaired) electrons. The van der Waals surface area contributed by atoms with E-state index in [0.29, 0.717) is 17.2 Å². The van der Waals surface area contributed by atoms with Crippen LogP contribution in [0.15, 0.2) is 54.6 Å². The maximum absolute atomic E-state index is 15.6. The van der Waals surface area contributed by atoms with Crippen molar-refractivity contribution in [2.75, 3.05) is 0 Å². The molecule has 0 aliphatic carbocycles. The van der Waals surface area contributed by atoms with Gasteiger partial charge >= 0.3 is 7.82 Å². The summed E-state index contributed by atoms with van der Waals surface area (Å²) in [7, 11) is -4.39. The van der Waals surface area contributed by atoms with Crippen LogP contribution in [0.1, 0.15) is 158 Å². The molecular weight excluding hydrogens is 599 g/mol. The fourth-order valence-corrected chi connectivity index (χ4v) is 7.73. The average molecular weight is 663 g/mol. The van der Waals surface area contributed by atoms with Crippen molar-refractivity contribution in [3.8, 4) is 17.2 Å². The van der Waals surface area contributed by atoms with Crippen molar-refractivity contribution in [2.24, 2.45) is 0 Å². The fourth-order valence-electron chi connectivity index (χ4n) is 6.43. The van der Waals surface area contributed by atoms with E-state index >= 15 is 4.57 Å². The Hall–Kier alpha value is -2.71. The van der Waals surface area contributed by atoms with Crippen molar-refractivity contribution >= 4 is 7.82 Å². The quantitative estimate of drug-likeness (QED) is 0.246. The molecule has 3 aromatic carbocycles. The molecule has 0 spiro atoms. The number of phosphoric acid groups is 1. The Labute approximate surface area is 287 Å². The lowest BCUT2D eigenvalue weighted by molar-refractivity contribution is 0.289. The Bertz CT molecular complexity index is 1430. The Morgan fingerprint density at radius 3 is 0.745 bits per heavy atom. The van der Waals surface area contributed by atoms with Crippen LogP contribution < -0.4 is 13.6 Å². The number of hydrogen-bond acceptors (Lipinski definition) is 4. The molecule has 0 aromatic heterocycles. The molecule has 0 atom stereocenters. The first-order chi connectivity index (χ1) is 21.0. The summed E-state index contributed by atoms with van der Waals surface area (Å²) in [5.41, 5.74) is 4.90. The first-order valence-corrected chi connectivity index (χ1v) is 18.5. The van der Waals surface area contributed by atoms with Crippen molar-refractivity contribution < 1.29 is 18.1 Å². The lowest BCUT2D eigenvalue weighted by Crippen LogP contribution is -2.25. The zero-order chi connectivity index (χ0) is 36.2. The molecule has 3 aromatic rings. The Kier molecular flexibility index (Phi) is 10.4. The van der Waals surface area contributed by atoms with E-state index in [4.69, 9.17) is 13.6 Å². The van der Waals surface area contributed by atoms with Gasteiger partial charge in [-0.2, -0.15) is 4.57 Å². The van der Waals surface area contributed by atoms with Gasteiger partial charge in [0.05, 0.1) is 0 Å². The Morgan fingerprint density at radius 2 is 0.574 bits per heavy atom. The van der Waals surface area contributed by atoms with E-state index in [1.807, 2.05) is 36.4 Å². The SMILES string of the molecule is CC(C)(C)c1cccc(OP(=O)(Oc2cccc(C(C)(C)C)c2C(C)(C)C)Oc2cccc(C(C)(C)C)c2C(C)(C)C)c1C(C)(C)C. The molecule has 0 fully saturated rings. The molecule has 0 bridgehead atoms. The van der Waals surface area contributed by atoms with Gasteiger partial charge in [0, 0.05) is 16.7 Å². The number of hydrogen-bond donors (Lipinski definition) is 0. The van der Waals surface area contributed by atoms with Crippen LogP contribution in [0.2, 0.25) is 0 Å². The number of benzene rings is 3. The van der Waals surface area contributed by atoms with Gasteiger partial charge in [-0.25, -0.2) is 0 Å². The molecule has 0 saturated carbocycles. The van der Waals surface area contributed by atoms with Crippen molar-refractivity contribution in [1.29, 1.82) is 0 Å². The highest BCUT2D eigenvalue weighted by Gasteiger charge is 2.41. The first kappa shape index (κ1) is 38.7. The van der Waals surface area contributed by atoms with E-state index in [1.54, 1.807) is 0 Å². The van der Waals surface area contributed by atoms with Crippen LogP contribution in [0.25, 0.3) is 0 Å². The van der Waals surface area contributed by atoms with E-state index in [2.05, 4.69) is 143 Å². The van der Waals surface area contributed by atoms with Crippen molar-refractivity contribution in [3.63, 3.8) is 0 Å². The summed E-state index contributed by atoms with van der Waals surface area (Å²) >= 11 is 0. The minimum absolute atomic E-state index is 0.172. The van der Waals surface area contributed by atoms with Gasteiger partial charge in [-0.3, -0.25) is 0 Å². The third-order valence-electron chi connectivity index (χ3n) is 8.38. The van der Waals surface area contributed by atoms with Gasteiger partial charge in [-0.1, -0.05) is 161 Å². The fraction of sp³-hybridized carbons (Fsp3) is 0.571. The first-order valence-electron chi connectivity index (χ1n) is 17.1. The third kappa shape index (κ3) is 9.05. The zero-order valence-corrected chi connectivity index (χ0v) is 33.7. The maximum atomic E-state index is 15.6. The second-order valence-corrected chi connectivity index (χ2v) is 20.7. The van der Waals surface area contributed by atoms with E-state index in [1.165, 1.54) is 0 Å².